The highest BCUT2D eigenvalue weighted by Gasteiger charge is 2.31. The number of amides is 2. The van der Waals surface area contributed by atoms with Crippen LogP contribution < -0.4 is 4.90 Å². The number of likely N-dealkylation sites (tertiary alicyclic amines) is 2. The van der Waals surface area contributed by atoms with Gasteiger partial charge in [0.1, 0.15) is 0 Å². The second-order valence-electron chi connectivity index (χ2n) is 8.60. The second kappa shape index (κ2) is 8.69. The Morgan fingerprint density at radius 2 is 1.69 bits per heavy atom. The summed E-state index contributed by atoms with van der Waals surface area (Å²) in [6.45, 7) is 10.2. The molecule has 2 amide bonds. The number of hydrogen-bond donors (Lipinski definition) is 0. The zero-order valence-corrected chi connectivity index (χ0v) is 17.8. The molecule has 1 unspecified atom stereocenters. The summed E-state index contributed by atoms with van der Waals surface area (Å²) in [5.74, 6) is 0.420. The minimum Gasteiger partial charge on any atom is -0.368 e. The molecule has 3 saturated heterocycles. The van der Waals surface area contributed by atoms with E-state index in [0.717, 1.165) is 82.9 Å². The van der Waals surface area contributed by atoms with Gasteiger partial charge in [-0.3, -0.25) is 19.5 Å². The predicted octanol–water partition coefficient (Wildman–Crippen LogP) is 1.82. The number of carbonyl (C=O) groups is 2. The van der Waals surface area contributed by atoms with Crippen molar-refractivity contribution in [2.45, 2.75) is 45.6 Å². The van der Waals surface area contributed by atoms with E-state index in [9.17, 15) is 9.59 Å². The smallest absolute Gasteiger partial charge is 0.236 e. The van der Waals surface area contributed by atoms with Crippen molar-refractivity contribution < 1.29 is 9.59 Å². The number of hydrogen-bond acceptors (Lipinski definition) is 5. The zero-order valence-electron chi connectivity index (χ0n) is 17.8. The van der Waals surface area contributed by atoms with Crippen LogP contribution in [0.25, 0.3) is 0 Å². The van der Waals surface area contributed by atoms with Gasteiger partial charge in [0.05, 0.1) is 18.3 Å². The van der Waals surface area contributed by atoms with Gasteiger partial charge in [-0.25, -0.2) is 0 Å². The summed E-state index contributed by atoms with van der Waals surface area (Å²) in [4.78, 5) is 37.7. The molecule has 0 radical (unpaired) electrons. The first kappa shape index (κ1) is 20.1. The molecule has 0 aromatic carbocycles. The predicted molar refractivity (Wildman–Crippen MR) is 113 cm³/mol. The van der Waals surface area contributed by atoms with Crippen molar-refractivity contribution >= 4 is 17.5 Å². The lowest BCUT2D eigenvalue weighted by atomic mass is 10.1. The van der Waals surface area contributed by atoms with Crippen molar-refractivity contribution in [3.05, 3.63) is 23.5 Å². The van der Waals surface area contributed by atoms with E-state index in [1.807, 2.05) is 16.7 Å². The van der Waals surface area contributed by atoms with E-state index in [-0.39, 0.29) is 17.9 Å². The molecule has 0 bridgehead atoms. The Hall–Kier alpha value is -2.15. The van der Waals surface area contributed by atoms with Gasteiger partial charge in [0.2, 0.25) is 11.8 Å². The number of anilines is 1. The Kier molecular flexibility index (Phi) is 6.04. The maximum absolute atomic E-state index is 12.7. The number of piperazine rings is 1. The fraction of sp³-hybridized carbons (Fsp3) is 0.682. The molecule has 3 aliphatic rings. The molecule has 7 nitrogen and oxygen atoms in total. The molecular weight excluding hydrogens is 366 g/mol. The number of pyridine rings is 1. The summed E-state index contributed by atoms with van der Waals surface area (Å²) in [6, 6.07) is 4.57. The van der Waals surface area contributed by atoms with Crippen LogP contribution in [0.4, 0.5) is 5.69 Å². The molecule has 1 aromatic rings. The molecule has 0 spiro atoms. The molecule has 1 atom stereocenters. The molecule has 0 aliphatic carbocycles. The minimum absolute atomic E-state index is 0.153. The normalized spacial score (nSPS) is 23.1. The summed E-state index contributed by atoms with van der Waals surface area (Å²) in [6.07, 6.45) is 4.44. The molecule has 1 aromatic heterocycles. The molecular formula is C22H33N5O2. The van der Waals surface area contributed by atoms with E-state index < -0.39 is 0 Å². The third kappa shape index (κ3) is 4.55. The molecule has 4 rings (SSSR count). The highest BCUT2D eigenvalue weighted by molar-refractivity contribution is 5.78. The highest BCUT2D eigenvalue weighted by Crippen LogP contribution is 2.33. The fourth-order valence-corrected chi connectivity index (χ4v) is 4.90. The molecule has 0 saturated carbocycles. The SMILES string of the molecule is CC(=O)N1CCN(c2cc(C)nc(C3CCCN3CC(=O)N3CCCC3)c2)CC1. The summed E-state index contributed by atoms with van der Waals surface area (Å²) in [5, 5.41) is 0. The van der Waals surface area contributed by atoms with E-state index in [1.165, 1.54) is 5.69 Å². The molecule has 0 N–H and O–H groups in total. The van der Waals surface area contributed by atoms with Crippen molar-refractivity contribution in [1.82, 2.24) is 19.7 Å². The van der Waals surface area contributed by atoms with Gasteiger partial charge >= 0.3 is 0 Å². The van der Waals surface area contributed by atoms with Gasteiger partial charge in [-0.2, -0.15) is 0 Å². The standard InChI is InChI=1S/C22H33N5O2/c1-17-14-19(25-12-10-24(11-13-25)18(2)28)15-20(23-17)21-6-5-9-27(21)16-22(29)26-7-3-4-8-26/h14-15,21H,3-13,16H2,1-2H3. The van der Waals surface area contributed by atoms with Gasteiger partial charge in [0.15, 0.2) is 0 Å². The van der Waals surface area contributed by atoms with Crippen LogP contribution in [0.5, 0.6) is 0 Å². The lowest BCUT2D eigenvalue weighted by Gasteiger charge is -2.36. The third-order valence-corrected chi connectivity index (χ3v) is 6.55. The first-order valence-corrected chi connectivity index (χ1v) is 11.0. The Morgan fingerprint density at radius 1 is 0.966 bits per heavy atom. The van der Waals surface area contributed by atoms with Crippen LogP contribution in [0.3, 0.4) is 0 Å². The van der Waals surface area contributed by atoms with Gasteiger partial charge in [0, 0.05) is 57.6 Å². The van der Waals surface area contributed by atoms with Crippen LogP contribution >= 0.6 is 0 Å². The lowest BCUT2D eigenvalue weighted by Crippen LogP contribution is -2.48. The maximum atomic E-state index is 12.7. The van der Waals surface area contributed by atoms with E-state index in [0.29, 0.717) is 6.54 Å². The Morgan fingerprint density at radius 3 is 2.38 bits per heavy atom. The molecule has 7 heteroatoms. The van der Waals surface area contributed by atoms with Gasteiger partial charge in [0.25, 0.3) is 0 Å². The van der Waals surface area contributed by atoms with Gasteiger partial charge in [-0.05, 0) is 51.3 Å². The van der Waals surface area contributed by atoms with Crippen molar-refractivity contribution in [1.29, 1.82) is 0 Å². The minimum atomic E-state index is 0.153. The third-order valence-electron chi connectivity index (χ3n) is 6.55. The average molecular weight is 400 g/mol. The molecule has 3 aliphatic heterocycles. The van der Waals surface area contributed by atoms with Crippen molar-refractivity contribution in [3.8, 4) is 0 Å². The summed E-state index contributed by atoms with van der Waals surface area (Å²) in [7, 11) is 0. The van der Waals surface area contributed by atoms with E-state index >= 15 is 0 Å². The van der Waals surface area contributed by atoms with Crippen LogP contribution in [0.1, 0.15) is 50.0 Å². The summed E-state index contributed by atoms with van der Waals surface area (Å²) < 4.78 is 0. The summed E-state index contributed by atoms with van der Waals surface area (Å²) >= 11 is 0. The van der Waals surface area contributed by atoms with Crippen LogP contribution in [0.2, 0.25) is 0 Å². The Bertz CT molecular complexity index is 754. The van der Waals surface area contributed by atoms with Gasteiger partial charge in [-0.15, -0.1) is 0 Å². The van der Waals surface area contributed by atoms with Crippen molar-refractivity contribution in [3.63, 3.8) is 0 Å². The average Bonchev–Trinajstić information content (AvgIpc) is 3.39. The van der Waals surface area contributed by atoms with Gasteiger partial charge in [-0.1, -0.05) is 0 Å². The van der Waals surface area contributed by atoms with E-state index in [4.69, 9.17) is 4.98 Å². The monoisotopic (exact) mass is 399 g/mol. The van der Waals surface area contributed by atoms with E-state index in [2.05, 4.69) is 21.9 Å². The maximum Gasteiger partial charge on any atom is 0.236 e. The number of nitrogens with zero attached hydrogens (tertiary/aromatic N) is 5. The van der Waals surface area contributed by atoms with Crippen LogP contribution in [-0.4, -0.2) is 83.9 Å². The Balaban J connectivity index is 1.46. The Labute approximate surface area is 173 Å². The number of aromatic nitrogens is 1. The number of rotatable bonds is 4. The molecule has 29 heavy (non-hydrogen) atoms. The fourth-order valence-electron chi connectivity index (χ4n) is 4.90. The van der Waals surface area contributed by atoms with E-state index in [1.54, 1.807) is 6.92 Å². The van der Waals surface area contributed by atoms with Crippen molar-refractivity contribution in [2.24, 2.45) is 0 Å². The number of carbonyl (C=O) groups excluding carboxylic acids is 2. The van der Waals surface area contributed by atoms with Gasteiger partial charge < -0.3 is 14.7 Å². The summed E-state index contributed by atoms with van der Waals surface area (Å²) in [5.41, 5.74) is 3.29. The topological polar surface area (TPSA) is 60.0 Å². The van der Waals surface area contributed by atoms with Crippen LogP contribution in [-0.2, 0) is 9.59 Å². The zero-order chi connectivity index (χ0) is 20.4. The van der Waals surface area contributed by atoms with Crippen LogP contribution in [0, 0.1) is 6.92 Å². The second-order valence-corrected chi connectivity index (χ2v) is 8.60. The largest absolute Gasteiger partial charge is 0.368 e. The lowest BCUT2D eigenvalue weighted by molar-refractivity contribution is -0.131. The molecule has 3 fully saturated rings. The van der Waals surface area contributed by atoms with Crippen LogP contribution in [0.15, 0.2) is 12.1 Å². The first-order valence-electron chi connectivity index (χ1n) is 11.0. The molecule has 158 valence electrons. The highest BCUT2D eigenvalue weighted by atomic mass is 16.2. The quantitative estimate of drug-likeness (QED) is 0.773. The molecule has 4 heterocycles. The van der Waals surface area contributed by atoms with Crippen molar-refractivity contribution in [2.75, 3.05) is 57.3 Å². The first-order chi connectivity index (χ1) is 14.0. The number of aryl methyl sites for hydroxylation is 1.